The van der Waals surface area contributed by atoms with Crippen LogP contribution in [-0.4, -0.2) is 15.7 Å². The first kappa shape index (κ1) is 10.3. The number of aromatic nitrogens is 2. The fraction of sp³-hybridized carbons (Fsp3) is 0.222. The van der Waals surface area contributed by atoms with E-state index in [0.29, 0.717) is 16.4 Å². The van der Waals surface area contributed by atoms with Crippen molar-refractivity contribution in [3.63, 3.8) is 0 Å². The van der Waals surface area contributed by atoms with E-state index < -0.39 is 0 Å². The second-order valence-corrected chi connectivity index (χ2v) is 4.91. The first-order valence-electron chi connectivity index (χ1n) is 4.26. The Bertz CT molecular complexity index is 459. The Morgan fingerprint density at radius 2 is 2.07 bits per heavy atom. The summed E-state index contributed by atoms with van der Waals surface area (Å²) in [5, 5.41) is 19.0. The van der Waals surface area contributed by atoms with Gasteiger partial charge in [0.15, 0.2) is 0 Å². The largest absolute Gasteiger partial charge is 0.791 e. The highest BCUT2D eigenvalue weighted by Gasteiger charge is 2.11. The van der Waals surface area contributed by atoms with E-state index in [4.69, 9.17) is 0 Å². The van der Waals surface area contributed by atoms with E-state index in [-0.39, 0.29) is 0 Å². The van der Waals surface area contributed by atoms with E-state index in [9.17, 15) is 5.21 Å². The van der Waals surface area contributed by atoms with Crippen LogP contribution < -0.4 is 0 Å². The molecule has 0 aromatic carbocycles. The van der Waals surface area contributed by atoms with Crippen LogP contribution in [0.25, 0.3) is 0 Å². The smallest absolute Gasteiger partial charge is 0.143 e. The Morgan fingerprint density at radius 1 is 1.27 bits per heavy atom. The molecule has 0 unspecified atom stereocenters. The third-order valence-corrected chi connectivity index (χ3v) is 3.51. The van der Waals surface area contributed by atoms with Gasteiger partial charge in [0.2, 0.25) is 0 Å². The minimum atomic E-state index is 0.331. The van der Waals surface area contributed by atoms with E-state index in [2.05, 4.69) is 15.1 Å². The van der Waals surface area contributed by atoms with Crippen LogP contribution in [0, 0.1) is 19.1 Å². The molecular formula is C9H8N3OS2-. The first-order chi connectivity index (χ1) is 7.20. The molecule has 0 radical (unpaired) electrons. The molecule has 0 aliphatic carbocycles. The third kappa shape index (κ3) is 2.05. The summed E-state index contributed by atoms with van der Waals surface area (Å²) < 4.78 is 0. The van der Waals surface area contributed by atoms with E-state index in [1.54, 1.807) is 0 Å². The molecule has 6 heteroatoms. The molecule has 0 N–H and O–H groups in total. The van der Waals surface area contributed by atoms with Crippen molar-refractivity contribution < 1.29 is 0 Å². The van der Waals surface area contributed by atoms with E-state index in [1.807, 2.05) is 24.6 Å². The second-order valence-electron chi connectivity index (χ2n) is 2.99. The number of nitrogens with zero attached hydrogens (tertiary/aromatic N) is 3. The highest BCUT2D eigenvalue weighted by molar-refractivity contribution is 7.12. The average Bonchev–Trinajstić information content (AvgIpc) is 2.78. The number of hydrogen-bond acceptors (Lipinski definition) is 6. The van der Waals surface area contributed by atoms with Crippen molar-refractivity contribution in [2.75, 3.05) is 0 Å². The standard InChI is InChI=1S/C9H9N3OS2/c1-5-3-15-9(10-5)8(12-13)7-4-14-6(2)11-7/h3-4,13H,1-2H3/p-1/b12-8-. The van der Waals surface area contributed by atoms with Gasteiger partial charge < -0.3 is 10.4 Å². The molecule has 0 spiro atoms. The van der Waals surface area contributed by atoms with Crippen LogP contribution >= 0.6 is 22.7 Å². The van der Waals surface area contributed by atoms with Crippen LogP contribution in [-0.2, 0) is 0 Å². The normalized spacial score (nSPS) is 12.0. The molecule has 0 fully saturated rings. The topological polar surface area (TPSA) is 61.2 Å². The Labute approximate surface area is 94.9 Å². The minimum Gasteiger partial charge on any atom is -0.791 e. The molecule has 0 bridgehead atoms. The van der Waals surface area contributed by atoms with Crippen molar-refractivity contribution >= 4 is 28.4 Å². The van der Waals surface area contributed by atoms with Gasteiger partial charge in [0.1, 0.15) is 16.4 Å². The maximum atomic E-state index is 10.8. The summed E-state index contributed by atoms with van der Waals surface area (Å²) in [7, 11) is 0. The highest BCUT2D eigenvalue weighted by Crippen LogP contribution is 2.17. The Hall–Kier alpha value is -1.27. The van der Waals surface area contributed by atoms with Crippen molar-refractivity contribution in [1.29, 1.82) is 0 Å². The summed E-state index contributed by atoms with van der Waals surface area (Å²) in [4.78, 5) is 8.44. The van der Waals surface area contributed by atoms with Crippen LogP contribution in [0.2, 0.25) is 0 Å². The Balaban J connectivity index is 2.42. The predicted octanol–water partition coefficient (Wildman–Crippen LogP) is 2.55. The summed E-state index contributed by atoms with van der Waals surface area (Å²) in [6, 6.07) is 0. The van der Waals surface area contributed by atoms with Gasteiger partial charge in [0.25, 0.3) is 0 Å². The predicted molar refractivity (Wildman–Crippen MR) is 62.7 cm³/mol. The van der Waals surface area contributed by atoms with Gasteiger partial charge in [-0.25, -0.2) is 9.97 Å². The Kier molecular flexibility index (Phi) is 2.79. The molecule has 4 nitrogen and oxygen atoms in total. The monoisotopic (exact) mass is 238 g/mol. The number of hydrogen-bond donors (Lipinski definition) is 0. The third-order valence-electron chi connectivity index (χ3n) is 1.77. The van der Waals surface area contributed by atoms with Crippen molar-refractivity contribution in [3.05, 3.63) is 37.4 Å². The van der Waals surface area contributed by atoms with Gasteiger partial charge in [-0.3, -0.25) is 0 Å². The zero-order valence-electron chi connectivity index (χ0n) is 8.22. The van der Waals surface area contributed by atoms with Gasteiger partial charge in [-0.05, 0) is 13.8 Å². The zero-order chi connectivity index (χ0) is 10.8. The maximum absolute atomic E-state index is 10.8. The second kappa shape index (κ2) is 4.08. The quantitative estimate of drug-likeness (QED) is 0.596. The summed E-state index contributed by atoms with van der Waals surface area (Å²) in [6.07, 6.45) is 0. The van der Waals surface area contributed by atoms with Gasteiger partial charge in [-0.1, -0.05) is 0 Å². The SMILES string of the molecule is Cc1csc(/C(=N\[O-])c2csc(C)n2)n1. The summed E-state index contributed by atoms with van der Waals surface area (Å²) >= 11 is 2.90. The lowest BCUT2D eigenvalue weighted by molar-refractivity contribution is 1.22. The van der Waals surface area contributed by atoms with E-state index >= 15 is 0 Å². The minimum absolute atomic E-state index is 0.331. The molecule has 0 saturated carbocycles. The van der Waals surface area contributed by atoms with Crippen molar-refractivity contribution in [1.82, 2.24) is 9.97 Å². The molecule has 0 atom stereocenters. The molecular weight excluding hydrogens is 230 g/mol. The molecule has 0 amide bonds. The summed E-state index contributed by atoms with van der Waals surface area (Å²) in [6.45, 7) is 3.78. The van der Waals surface area contributed by atoms with Gasteiger partial charge >= 0.3 is 0 Å². The van der Waals surface area contributed by atoms with Crippen molar-refractivity contribution in [2.24, 2.45) is 5.16 Å². The fourth-order valence-corrected chi connectivity index (χ4v) is 2.51. The maximum Gasteiger partial charge on any atom is 0.143 e. The lowest BCUT2D eigenvalue weighted by atomic mass is 10.3. The summed E-state index contributed by atoms with van der Waals surface area (Å²) in [5.41, 5.74) is 1.84. The Morgan fingerprint density at radius 3 is 2.53 bits per heavy atom. The van der Waals surface area contributed by atoms with Crippen LogP contribution in [0.15, 0.2) is 15.9 Å². The van der Waals surface area contributed by atoms with Crippen LogP contribution in [0.1, 0.15) is 21.4 Å². The van der Waals surface area contributed by atoms with Crippen molar-refractivity contribution in [2.45, 2.75) is 13.8 Å². The molecule has 0 aliphatic rings. The van der Waals surface area contributed by atoms with Gasteiger partial charge in [0, 0.05) is 16.5 Å². The van der Waals surface area contributed by atoms with Crippen LogP contribution in [0.3, 0.4) is 0 Å². The average molecular weight is 238 g/mol. The number of rotatable bonds is 2. The highest BCUT2D eigenvalue weighted by atomic mass is 32.1. The van der Waals surface area contributed by atoms with E-state index in [1.165, 1.54) is 22.7 Å². The molecule has 78 valence electrons. The molecule has 2 rings (SSSR count). The van der Waals surface area contributed by atoms with Gasteiger partial charge in [-0.2, -0.15) is 0 Å². The van der Waals surface area contributed by atoms with Gasteiger partial charge in [-0.15, -0.1) is 22.7 Å². The van der Waals surface area contributed by atoms with Gasteiger partial charge in [0.05, 0.1) is 5.01 Å². The molecule has 0 saturated heterocycles. The first-order valence-corrected chi connectivity index (χ1v) is 6.02. The lowest BCUT2D eigenvalue weighted by Crippen LogP contribution is -2.02. The molecule has 15 heavy (non-hydrogen) atoms. The lowest BCUT2D eigenvalue weighted by Gasteiger charge is -2.01. The van der Waals surface area contributed by atoms with Crippen molar-refractivity contribution in [3.8, 4) is 0 Å². The fourth-order valence-electron chi connectivity index (χ4n) is 1.13. The van der Waals surface area contributed by atoms with Crippen LogP contribution in [0.4, 0.5) is 0 Å². The zero-order valence-corrected chi connectivity index (χ0v) is 9.85. The molecule has 2 heterocycles. The number of thiazole rings is 2. The molecule has 2 aromatic heterocycles. The molecule has 0 aliphatic heterocycles. The van der Waals surface area contributed by atoms with E-state index in [0.717, 1.165) is 10.7 Å². The van der Waals surface area contributed by atoms with Crippen LogP contribution in [0.5, 0.6) is 0 Å². The number of aryl methyl sites for hydroxylation is 2. The summed E-state index contributed by atoms with van der Waals surface area (Å²) in [5.74, 6) is 0. The molecule has 2 aromatic rings.